The molecule has 6 heteroatoms. The predicted molar refractivity (Wildman–Crippen MR) is 182 cm³/mol. The largest absolute Gasteiger partial charge is 0.616 e. The van der Waals surface area contributed by atoms with Crippen LogP contribution in [0.5, 0.6) is 0 Å². The van der Waals surface area contributed by atoms with E-state index < -0.39 is 16.8 Å². The topological polar surface area (TPSA) is 73.2 Å². The molecule has 224 valence electrons. The maximum Gasteiger partial charge on any atom is 0.189 e. The molecule has 2 atom stereocenters. The molecule has 0 spiro atoms. The Morgan fingerprint density at radius 1 is 1.07 bits per heavy atom. The summed E-state index contributed by atoms with van der Waals surface area (Å²) >= 11 is 0.105. The SMILES string of the molecule is CSC(=O)CC1(C[S+]([O-])[C@H](CCc2ccccc2C(C)(C)O)c2cccc(/C=C/c3ccc4ccc(C)cc4n3)c2)CC1. The lowest BCUT2D eigenvalue weighted by atomic mass is 9.90. The van der Waals surface area contributed by atoms with Gasteiger partial charge in [0, 0.05) is 29.2 Å². The van der Waals surface area contributed by atoms with Gasteiger partial charge in [-0.25, -0.2) is 4.98 Å². The van der Waals surface area contributed by atoms with Crippen LogP contribution in [0.2, 0.25) is 0 Å². The number of carbonyl (C=O) groups excluding carboxylic acids is 1. The Morgan fingerprint density at radius 3 is 2.58 bits per heavy atom. The van der Waals surface area contributed by atoms with Crippen molar-refractivity contribution in [2.45, 2.75) is 63.7 Å². The van der Waals surface area contributed by atoms with Crippen LogP contribution >= 0.6 is 11.8 Å². The maximum atomic E-state index is 14.1. The molecule has 1 aromatic heterocycles. The van der Waals surface area contributed by atoms with Crippen molar-refractivity contribution in [3.8, 4) is 0 Å². The van der Waals surface area contributed by atoms with E-state index in [1.807, 2.05) is 56.5 Å². The normalized spacial score (nSPS) is 16.0. The highest BCUT2D eigenvalue weighted by molar-refractivity contribution is 8.13. The first kappa shape index (κ1) is 31.5. The number of hydrogen-bond acceptors (Lipinski definition) is 5. The molecule has 3 aromatic carbocycles. The number of carbonyl (C=O) groups is 1. The van der Waals surface area contributed by atoms with Crippen LogP contribution in [0.3, 0.4) is 0 Å². The highest BCUT2D eigenvalue weighted by atomic mass is 32.2. The van der Waals surface area contributed by atoms with Gasteiger partial charge in [0.2, 0.25) is 0 Å². The van der Waals surface area contributed by atoms with Gasteiger partial charge in [-0.1, -0.05) is 78.5 Å². The molecule has 1 heterocycles. The predicted octanol–water partition coefficient (Wildman–Crippen LogP) is 8.42. The van der Waals surface area contributed by atoms with Crippen molar-refractivity contribution in [3.63, 3.8) is 0 Å². The molecule has 0 amide bonds. The minimum absolute atomic E-state index is 0.133. The highest BCUT2D eigenvalue weighted by Gasteiger charge is 2.49. The van der Waals surface area contributed by atoms with Gasteiger partial charge in [-0.2, -0.15) is 0 Å². The van der Waals surface area contributed by atoms with Crippen molar-refractivity contribution in [3.05, 3.63) is 112 Å². The second kappa shape index (κ2) is 13.4. The number of thioether (sulfide) groups is 1. The third-order valence-corrected chi connectivity index (χ3v) is 11.1. The van der Waals surface area contributed by atoms with Crippen LogP contribution < -0.4 is 0 Å². The quantitative estimate of drug-likeness (QED) is 0.163. The lowest BCUT2D eigenvalue weighted by Gasteiger charge is -2.27. The Kier molecular flexibility index (Phi) is 9.82. The molecule has 1 aliphatic rings. The molecule has 4 nitrogen and oxygen atoms in total. The van der Waals surface area contributed by atoms with E-state index in [1.54, 1.807) is 0 Å². The number of aliphatic hydroxyl groups is 1. The summed E-state index contributed by atoms with van der Waals surface area (Å²) in [6.45, 7) is 5.69. The monoisotopic (exact) mass is 611 g/mol. The van der Waals surface area contributed by atoms with E-state index in [1.165, 1.54) is 17.3 Å². The first-order chi connectivity index (χ1) is 20.5. The first-order valence-corrected chi connectivity index (χ1v) is 17.6. The van der Waals surface area contributed by atoms with Crippen LogP contribution in [0.4, 0.5) is 0 Å². The van der Waals surface area contributed by atoms with E-state index in [2.05, 4.69) is 61.5 Å². The van der Waals surface area contributed by atoms with E-state index in [4.69, 9.17) is 4.98 Å². The maximum absolute atomic E-state index is 14.1. The Bertz CT molecular complexity index is 1620. The van der Waals surface area contributed by atoms with Crippen molar-refractivity contribution in [1.82, 2.24) is 4.98 Å². The van der Waals surface area contributed by atoms with Crippen LogP contribution in [0, 0.1) is 12.3 Å². The van der Waals surface area contributed by atoms with Gasteiger partial charge in [0.15, 0.2) is 5.12 Å². The zero-order chi connectivity index (χ0) is 30.6. The molecule has 0 saturated heterocycles. The standard InChI is InChI=1S/C37H41NO3S2/c1-26-12-14-29-15-18-31(38-33(29)22-26)17-13-27-8-7-10-30(23-27)34(43(41)25-37(20-21-37)24-35(39)42-4)19-16-28-9-5-6-11-32(28)36(2,3)40/h5-15,17-18,22-23,34,40H,16,19-21,24-25H2,1-4H3/b17-13+/t34-,43?/m1/s1. The lowest BCUT2D eigenvalue weighted by molar-refractivity contribution is -0.111. The molecular weight excluding hydrogens is 571 g/mol. The van der Waals surface area contributed by atoms with Crippen LogP contribution in [0.15, 0.2) is 78.9 Å². The van der Waals surface area contributed by atoms with E-state index >= 15 is 0 Å². The Morgan fingerprint density at radius 2 is 1.84 bits per heavy atom. The van der Waals surface area contributed by atoms with Crippen LogP contribution in [-0.4, -0.2) is 31.8 Å². The summed E-state index contributed by atoms with van der Waals surface area (Å²) in [5.41, 5.74) is 6.00. The average molecular weight is 612 g/mol. The first-order valence-electron chi connectivity index (χ1n) is 15.0. The van der Waals surface area contributed by atoms with Crippen molar-refractivity contribution in [1.29, 1.82) is 0 Å². The average Bonchev–Trinajstić information content (AvgIpc) is 3.74. The molecule has 0 radical (unpaired) electrons. The Balaban J connectivity index is 1.41. The van der Waals surface area contributed by atoms with Gasteiger partial charge in [0.1, 0.15) is 11.0 Å². The van der Waals surface area contributed by atoms with Crippen molar-refractivity contribution < 1.29 is 14.5 Å². The number of nitrogens with zero attached hydrogens (tertiary/aromatic N) is 1. The minimum atomic E-state index is -1.16. The third-order valence-electron chi connectivity index (χ3n) is 8.42. The molecule has 1 N–H and O–H groups in total. The summed E-state index contributed by atoms with van der Waals surface area (Å²) < 4.78 is 14.1. The molecule has 43 heavy (non-hydrogen) atoms. The van der Waals surface area contributed by atoms with E-state index in [9.17, 15) is 14.5 Å². The molecule has 4 aromatic rings. The number of rotatable bonds is 12. The van der Waals surface area contributed by atoms with E-state index in [0.29, 0.717) is 25.0 Å². The summed E-state index contributed by atoms with van der Waals surface area (Å²) in [5, 5.41) is 11.9. The second-order valence-corrected chi connectivity index (χ2v) is 14.9. The van der Waals surface area contributed by atoms with Crippen molar-refractivity contribution >= 4 is 51.1 Å². The van der Waals surface area contributed by atoms with Crippen molar-refractivity contribution in [2.75, 3.05) is 12.0 Å². The summed E-state index contributed by atoms with van der Waals surface area (Å²) in [6, 6.07) is 26.7. The fourth-order valence-electron chi connectivity index (χ4n) is 5.78. The number of pyridine rings is 1. The molecular formula is C37H41NO3S2. The van der Waals surface area contributed by atoms with Gasteiger partial charge in [0.05, 0.1) is 16.8 Å². The van der Waals surface area contributed by atoms with Crippen LogP contribution in [-0.2, 0) is 28.0 Å². The van der Waals surface area contributed by atoms with Gasteiger partial charge in [-0.3, -0.25) is 4.79 Å². The molecule has 0 aliphatic heterocycles. The van der Waals surface area contributed by atoms with E-state index in [-0.39, 0.29) is 15.8 Å². The molecule has 1 saturated carbocycles. The van der Waals surface area contributed by atoms with E-state index in [0.717, 1.165) is 51.7 Å². The number of aromatic nitrogens is 1. The number of fused-ring (bicyclic) bond motifs is 1. The van der Waals surface area contributed by atoms with Gasteiger partial charge in [0.25, 0.3) is 0 Å². The Hall–Kier alpha value is -2.90. The fraction of sp³-hybridized carbons (Fsp3) is 0.351. The minimum Gasteiger partial charge on any atom is -0.616 e. The zero-order valence-corrected chi connectivity index (χ0v) is 27.1. The molecule has 1 fully saturated rings. The highest BCUT2D eigenvalue weighted by Crippen LogP contribution is 2.52. The van der Waals surface area contributed by atoms with Crippen LogP contribution in [0.1, 0.15) is 78.3 Å². The van der Waals surface area contributed by atoms with Crippen LogP contribution in [0.25, 0.3) is 23.1 Å². The summed E-state index contributed by atoms with van der Waals surface area (Å²) in [6.07, 6.45) is 9.72. The molecule has 0 bridgehead atoms. The molecule has 1 unspecified atom stereocenters. The van der Waals surface area contributed by atoms with Gasteiger partial charge < -0.3 is 9.66 Å². The van der Waals surface area contributed by atoms with Crippen molar-refractivity contribution in [2.24, 2.45) is 5.41 Å². The van der Waals surface area contributed by atoms with Gasteiger partial charge in [-0.05, 0) is 104 Å². The summed E-state index contributed by atoms with van der Waals surface area (Å²) in [4.78, 5) is 17.1. The van der Waals surface area contributed by atoms with Gasteiger partial charge >= 0.3 is 0 Å². The fourth-order valence-corrected chi connectivity index (χ4v) is 8.26. The Labute approximate surface area is 263 Å². The number of hydrogen-bond donors (Lipinski definition) is 1. The summed E-state index contributed by atoms with van der Waals surface area (Å²) in [5.74, 6) is 0.539. The summed E-state index contributed by atoms with van der Waals surface area (Å²) in [7, 11) is 0. The number of benzene rings is 3. The zero-order valence-electron chi connectivity index (χ0n) is 25.5. The van der Waals surface area contributed by atoms with Gasteiger partial charge in [-0.15, -0.1) is 0 Å². The second-order valence-electron chi connectivity index (χ2n) is 12.5. The third kappa shape index (κ3) is 8.18. The molecule has 1 aliphatic carbocycles. The smallest absolute Gasteiger partial charge is 0.189 e. The lowest BCUT2D eigenvalue weighted by Crippen LogP contribution is -2.25. The molecule has 5 rings (SSSR count). The number of aryl methyl sites for hydroxylation is 2.